The molecule has 0 aromatic carbocycles. The molecule has 0 bridgehead atoms. The summed E-state index contributed by atoms with van der Waals surface area (Å²) in [6.45, 7) is 6.01. The second-order valence-corrected chi connectivity index (χ2v) is 3.80. The van der Waals surface area contributed by atoms with E-state index in [1.165, 1.54) is 0 Å². The highest BCUT2D eigenvalue weighted by Crippen LogP contribution is 2.09. The van der Waals surface area contributed by atoms with E-state index in [9.17, 15) is 0 Å². The van der Waals surface area contributed by atoms with E-state index in [1.807, 2.05) is 26.8 Å². The first-order valence-electron chi connectivity index (χ1n) is 4.72. The van der Waals surface area contributed by atoms with Gasteiger partial charge in [0.2, 0.25) is 5.49 Å². The Labute approximate surface area is 82.1 Å². The molecule has 0 saturated carbocycles. The molecule has 0 atom stereocenters. The van der Waals surface area contributed by atoms with Crippen LogP contribution in [0.1, 0.15) is 26.7 Å². The molecule has 0 radical (unpaired) electrons. The monoisotopic (exact) mass is 191 g/mol. The number of nitrogens with zero attached hydrogens (tertiary/aromatic N) is 3. The van der Waals surface area contributed by atoms with Gasteiger partial charge in [0.05, 0.1) is 5.54 Å². The van der Waals surface area contributed by atoms with Gasteiger partial charge in [0.25, 0.3) is 5.55 Å². The molecule has 74 valence electrons. The molecule has 1 aliphatic heterocycles. The zero-order valence-corrected chi connectivity index (χ0v) is 8.61. The summed E-state index contributed by atoms with van der Waals surface area (Å²) >= 11 is 0. The largest absolute Gasteiger partial charge is 0.421 e. The molecule has 0 spiro atoms. The van der Waals surface area contributed by atoms with E-state index >= 15 is 0 Å². The number of oxazole rings is 1. The Morgan fingerprint density at radius 3 is 2.93 bits per heavy atom. The third-order valence-electron chi connectivity index (χ3n) is 2.01. The summed E-state index contributed by atoms with van der Waals surface area (Å²) in [5.74, 6) is 0.689. The maximum atomic E-state index is 5.41. The van der Waals surface area contributed by atoms with Crippen LogP contribution in [0.2, 0.25) is 0 Å². The number of hydrogen-bond acceptors (Lipinski definition) is 4. The minimum atomic E-state index is -0.253. The molecule has 0 aliphatic carbocycles. The maximum absolute atomic E-state index is 5.41. The zero-order chi connectivity index (χ0) is 10.2. The van der Waals surface area contributed by atoms with Crippen molar-refractivity contribution in [1.29, 1.82) is 0 Å². The van der Waals surface area contributed by atoms with Crippen molar-refractivity contribution in [2.75, 3.05) is 0 Å². The summed E-state index contributed by atoms with van der Waals surface area (Å²) in [6.07, 6.45) is 4.41. The smallest absolute Gasteiger partial charge is 0.266 e. The van der Waals surface area contributed by atoms with Crippen molar-refractivity contribution in [1.82, 2.24) is 4.98 Å². The van der Waals surface area contributed by atoms with E-state index in [2.05, 4.69) is 15.0 Å². The van der Waals surface area contributed by atoms with Gasteiger partial charge in [0.1, 0.15) is 0 Å². The first kappa shape index (κ1) is 9.12. The molecule has 1 aromatic heterocycles. The highest BCUT2D eigenvalue weighted by atomic mass is 16.4. The van der Waals surface area contributed by atoms with Crippen LogP contribution >= 0.6 is 0 Å². The minimum absolute atomic E-state index is 0.253. The number of hydrogen-bond donors (Lipinski definition) is 0. The highest BCUT2D eigenvalue weighted by Gasteiger charge is 2.14. The quantitative estimate of drug-likeness (QED) is 0.658. The summed E-state index contributed by atoms with van der Waals surface area (Å²) in [4.78, 5) is 12.9. The van der Waals surface area contributed by atoms with Gasteiger partial charge in [-0.25, -0.2) is 4.99 Å². The lowest BCUT2D eigenvalue weighted by Gasteiger charge is -2.10. The van der Waals surface area contributed by atoms with E-state index < -0.39 is 0 Å². The number of fused-ring (bicyclic) bond motifs is 1. The van der Waals surface area contributed by atoms with Gasteiger partial charge >= 0.3 is 0 Å². The predicted molar refractivity (Wildman–Crippen MR) is 51.4 cm³/mol. The topological polar surface area (TPSA) is 50.8 Å². The average Bonchev–Trinajstić information content (AvgIpc) is 2.41. The fraction of sp³-hybridized carbons (Fsp3) is 0.500. The van der Waals surface area contributed by atoms with E-state index in [0.29, 0.717) is 16.9 Å². The normalized spacial score (nSPS) is 17.9. The Bertz CT molecular complexity index is 482. The van der Waals surface area contributed by atoms with Crippen molar-refractivity contribution in [3.63, 3.8) is 0 Å². The molecule has 0 unspecified atom stereocenters. The van der Waals surface area contributed by atoms with Gasteiger partial charge in [-0.1, -0.05) is 6.92 Å². The molecule has 4 heteroatoms. The van der Waals surface area contributed by atoms with Crippen molar-refractivity contribution in [3.05, 3.63) is 29.2 Å². The summed E-state index contributed by atoms with van der Waals surface area (Å²) in [5.41, 5.74) is 0.872. The summed E-state index contributed by atoms with van der Waals surface area (Å²) in [7, 11) is 0. The van der Waals surface area contributed by atoms with Crippen molar-refractivity contribution in [3.8, 4) is 0 Å². The molecule has 14 heavy (non-hydrogen) atoms. The molecule has 2 heterocycles. The van der Waals surface area contributed by atoms with Crippen molar-refractivity contribution < 1.29 is 4.42 Å². The average molecular weight is 191 g/mol. The van der Waals surface area contributed by atoms with Crippen LogP contribution in [0.25, 0.3) is 0 Å². The van der Waals surface area contributed by atoms with Gasteiger partial charge in [-0.3, -0.25) is 4.99 Å². The second kappa shape index (κ2) is 3.04. The van der Waals surface area contributed by atoms with Gasteiger partial charge in [-0.05, 0) is 19.9 Å². The van der Waals surface area contributed by atoms with Crippen molar-refractivity contribution in [2.45, 2.75) is 32.7 Å². The van der Waals surface area contributed by atoms with Crippen molar-refractivity contribution in [2.24, 2.45) is 9.98 Å². The van der Waals surface area contributed by atoms with Crippen LogP contribution in [0.15, 0.2) is 26.7 Å². The summed E-state index contributed by atoms with van der Waals surface area (Å²) in [6, 6.07) is 0. The van der Waals surface area contributed by atoms with E-state index in [-0.39, 0.29) is 5.54 Å². The van der Waals surface area contributed by atoms with E-state index in [0.717, 1.165) is 6.42 Å². The first-order chi connectivity index (χ1) is 6.61. The Balaban J connectivity index is 2.67. The number of rotatable bonds is 1. The predicted octanol–water partition coefficient (Wildman–Crippen LogP) is 0.782. The maximum Gasteiger partial charge on any atom is 0.266 e. The van der Waals surface area contributed by atoms with Gasteiger partial charge in [0.15, 0.2) is 5.89 Å². The molecule has 0 saturated heterocycles. The molecular weight excluding hydrogens is 178 g/mol. The van der Waals surface area contributed by atoms with Crippen LogP contribution in [0.4, 0.5) is 0 Å². The van der Waals surface area contributed by atoms with Gasteiger partial charge in [0, 0.05) is 12.6 Å². The van der Waals surface area contributed by atoms with E-state index in [1.54, 1.807) is 6.20 Å². The fourth-order valence-corrected chi connectivity index (χ4v) is 1.25. The van der Waals surface area contributed by atoms with Crippen LogP contribution in [-0.2, 0) is 6.42 Å². The van der Waals surface area contributed by atoms with Crippen LogP contribution in [0.5, 0.6) is 0 Å². The molecule has 0 amide bonds. The van der Waals surface area contributed by atoms with Gasteiger partial charge < -0.3 is 4.42 Å². The Morgan fingerprint density at radius 2 is 2.21 bits per heavy atom. The molecular formula is C10H13N3O. The Morgan fingerprint density at radius 1 is 1.43 bits per heavy atom. The first-order valence-corrected chi connectivity index (χ1v) is 4.72. The Kier molecular flexibility index (Phi) is 1.98. The van der Waals surface area contributed by atoms with Crippen LogP contribution in [0.3, 0.4) is 0 Å². The van der Waals surface area contributed by atoms with Crippen LogP contribution in [0, 0.1) is 0 Å². The molecule has 2 rings (SSSR count). The third kappa shape index (κ3) is 1.60. The molecule has 1 aromatic rings. The highest BCUT2D eigenvalue weighted by molar-refractivity contribution is 5.03. The SMILES string of the molecule is CCc1nc2c(o1)=NC=CC(C)(C)N=2. The lowest BCUT2D eigenvalue weighted by Crippen LogP contribution is -2.27. The lowest BCUT2D eigenvalue weighted by molar-refractivity contribution is 0.459. The van der Waals surface area contributed by atoms with Crippen molar-refractivity contribution >= 4 is 0 Å². The standard InChI is InChI=1S/C10H13N3O/c1-4-7-12-8-9(14-7)11-6-5-10(2,3)13-8/h5-6H,4H2,1-3H3. The molecule has 0 N–H and O–H groups in total. The Hall–Kier alpha value is -1.45. The van der Waals surface area contributed by atoms with Gasteiger partial charge in [-0.15, -0.1) is 0 Å². The summed E-state index contributed by atoms with van der Waals surface area (Å²) < 4.78 is 5.41. The summed E-state index contributed by atoms with van der Waals surface area (Å²) in [5, 5.41) is 0. The third-order valence-corrected chi connectivity index (χ3v) is 2.01. The fourth-order valence-electron chi connectivity index (χ4n) is 1.25. The minimum Gasteiger partial charge on any atom is -0.421 e. The lowest BCUT2D eigenvalue weighted by atomic mass is 10.1. The number of aromatic nitrogens is 1. The zero-order valence-electron chi connectivity index (χ0n) is 8.61. The van der Waals surface area contributed by atoms with E-state index in [4.69, 9.17) is 4.42 Å². The van der Waals surface area contributed by atoms with Crippen LogP contribution in [-0.4, -0.2) is 10.5 Å². The molecule has 0 fully saturated rings. The second-order valence-electron chi connectivity index (χ2n) is 3.80. The van der Waals surface area contributed by atoms with Crippen LogP contribution < -0.4 is 11.0 Å². The van der Waals surface area contributed by atoms with Gasteiger partial charge in [-0.2, -0.15) is 4.98 Å². The number of aryl methyl sites for hydroxylation is 1. The molecule has 4 nitrogen and oxygen atoms in total. The molecule has 1 aliphatic rings.